The summed E-state index contributed by atoms with van der Waals surface area (Å²) in [6, 6.07) is 7.20. The van der Waals surface area contributed by atoms with Gasteiger partial charge in [-0.05, 0) is 45.7 Å². The maximum absolute atomic E-state index is 12.5. The van der Waals surface area contributed by atoms with E-state index < -0.39 is 6.04 Å². The van der Waals surface area contributed by atoms with Crippen molar-refractivity contribution < 1.29 is 9.59 Å². The van der Waals surface area contributed by atoms with E-state index in [0.29, 0.717) is 13.0 Å². The molecule has 1 aliphatic heterocycles. The van der Waals surface area contributed by atoms with Gasteiger partial charge in [-0.15, -0.1) is 0 Å². The summed E-state index contributed by atoms with van der Waals surface area (Å²) in [6.07, 6.45) is 1.57. The number of benzene rings is 1. The van der Waals surface area contributed by atoms with Gasteiger partial charge >= 0.3 is 6.03 Å². The second-order valence-corrected chi connectivity index (χ2v) is 5.79. The normalized spacial score (nSPS) is 18.8. The molecular weight excluding hydrogens is 266 g/mol. The zero-order valence-electron chi connectivity index (χ0n) is 12.8. The van der Waals surface area contributed by atoms with Crippen molar-refractivity contribution in [3.05, 3.63) is 29.8 Å². The quantitative estimate of drug-likeness (QED) is 0.896. The van der Waals surface area contributed by atoms with Crippen LogP contribution in [0.5, 0.6) is 0 Å². The van der Waals surface area contributed by atoms with Crippen molar-refractivity contribution >= 4 is 17.6 Å². The van der Waals surface area contributed by atoms with Crippen molar-refractivity contribution in [3.63, 3.8) is 0 Å². The number of anilines is 1. The van der Waals surface area contributed by atoms with Gasteiger partial charge in [-0.1, -0.05) is 17.7 Å². The number of aryl methyl sites for hydroxylation is 1. The lowest BCUT2D eigenvalue weighted by Crippen LogP contribution is -2.55. The second-order valence-electron chi connectivity index (χ2n) is 5.79. The Labute approximate surface area is 125 Å². The molecule has 2 N–H and O–H groups in total. The van der Waals surface area contributed by atoms with E-state index in [1.54, 1.807) is 4.90 Å². The molecule has 5 heteroatoms. The SMILES string of the molecule is Cc1ccc(N2CCCC(NC(=O)NC(C)C)C2=O)cc1. The number of rotatable bonds is 3. The highest BCUT2D eigenvalue weighted by Gasteiger charge is 2.30. The molecule has 1 saturated heterocycles. The number of carbonyl (C=O) groups is 2. The average molecular weight is 289 g/mol. The van der Waals surface area contributed by atoms with Crippen LogP contribution in [0.3, 0.4) is 0 Å². The Morgan fingerprint density at radius 2 is 1.95 bits per heavy atom. The molecule has 0 spiro atoms. The lowest BCUT2D eigenvalue weighted by atomic mass is 10.0. The molecule has 3 amide bonds. The Morgan fingerprint density at radius 3 is 2.57 bits per heavy atom. The first-order valence-corrected chi connectivity index (χ1v) is 7.42. The minimum absolute atomic E-state index is 0.0380. The van der Waals surface area contributed by atoms with Gasteiger partial charge in [-0.3, -0.25) is 4.79 Å². The molecule has 1 fully saturated rings. The third kappa shape index (κ3) is 3.97. The highest BCUT2D eigenvalue weighted by molar-refractivity contribution is 5.99. The first kappa shape index (κ1) is 15.4. The Morgan fingerprint density at radius 1 is 1.29 bits per heavy atom. The van der Waals surface area contributed by atoms with Gasteiger partial charge in [0.2, 0.25) is 5.91 Å². The van der Waals surface area contributed by atoms with Crippen LogP contribution in [0.2, 0.25) is 0 Å². The molecule has 0 aliphatic carbocycles. The molecule has 0 bridgehead atoms. The van der Waals surface area contributed by atoms with Crippen molar-refractivity contribution in [2.45, 2.75) is 45.7 Å². The largest absolute Gasteiger partial charge is 0.336 e. The topological polar surface area (TPSA) is 61.4 Å². The fourth-order valence-corrected chi connectivity index (χ4v) is 2.45. The average Bonchev–Trinajstić information content (AvgIpc) is 2.41. The van der Waals surface area contributed by atoms with Crippen molar-refractivity contribution in [1.82, 2.24) is 10.6 Å². The second kappa shape index (κ2) is 6.61. The van der Waals surface area contributed by atoms with Gasteiger partial charge in [0.15, 0.2) is 0 Å². The van der Waals surface area contributed by atoms with E-state index in [1.807, 2.05) is 45.0 Å². The van der Waals surface area contributed by atoms with E-state index >= 15 is 0 Å². The smallest absolute Gasteiger partial charge is 0.315 e. The van der Waals surface area contributed by atoms with E-state index in [0.717, 1.165) is 17.7 Å². The highest BCUT2D eigenvalue weighted by atomic mass is 16.2. The predicted molar refractivity (Wildman–Crippen MR) is 83.4 cm³/mol. The predicted octanol–water partition coefficient (Wildman–Crippen LogP) is 2.20. The molecule has 1 aliphatic rings. The lowest BCUT2D eigenvalue weighted by molar-refractivity contribution is -0.121. The third-order valence-corrected chi connectivity index (χ3v) is 3.51. The number of hydrogen-bond donors (Lipinski definition) is 2. The molecule has 1 aromatic rings. The Hall–Kier alpha value is -2.04. The Bertz CT molecular complexity index is 511. The molecule has 114 valence electrons. The maximum Gasteiger partial charge on any atom is 0.315 e. The fourth-order valence-electron chi connectivity index (χ4n) is 2.45. The van der Waals surface area contributed by atoms with Crippen molar-refractivity contribution in [1.29, 1.82) is 0 Å². The van der Waals surface area contributed by atoms with Crippen LogP contribution >= 0.6 is 0 Å². The Balaban J connectivity index is 2.04. The number of amides is 3. The first-order valence-electron chi connectivity index (χ1n) is 7.42. The summed E-state index contributed by atoms with van der Waals surface area (Å²) in [5.74, 6) is -0.0380. The zero-order valence-corrected chi connectivity index (χ0v) is 12.8. The van der Waals surface area contributed by atoms with Gasteiger partial charge in [0.05, 0.1) is 0 Å². The molecule has 0 radical (unpaired) electrons. The van der Waals surface area contributed by atoms with Crippen LogP contribution < -0.4 is 15.5 Å². The molecule has 5 nitrogen and oxygen atoms in total. The van der Waals surface area contributed by atoms with Gasteiger partial charge in [0, 0.05) is 18.3 Å². The summed E-state index contributed by atoms with van der Waals surface area (Å²) in [5, 5.41) is 5.52. The monoisotopic (exact) mass is 289 g/mol. The van der Waals surface area contributed by atoms with E-state index in [2.05, 4.69) is 10.6 Å². The number of nitrogens with zero attached hydrogens (tertiary/aromatic N) is 1. The lowest BCUT2D eigenvalue weighted by Gasteiger charge is -2.32. The number of urea groups is 1. The van der Waals surface area contributed by atoms with E-state index in [9.17, 15) is 9.59 Å². The molecule has 2 rings (SSSR count). The minimum Gasteiger partial charge on any atom is -0.336 e. The molecule has 1 heterocycles. The number of hydrogen-bond acceptors (Lipinski definition) is 2. The molecule has 0 aromatic heterocycles. The van der Waals surface area contributed by atoms with E-state index in [1.165, 1.54) is 0 Å². The number of nitrogens with one attached hydrogen (secondary N) is 2. The van der Waals surface area contributed by atoms with Crippen LogP contribution in [0.15, 0.2) is 24.3 Å². The van der Waals surface area contributed by atoms with Crippen LogP contribution in [0.25, 0.3) is 0 Å². The summed E-state index contributed by atoms with van der Waals surface area (Å²) in [7, 11) is 0. The van der Waals surface area contributed by atoms with Gasteiger partial charge in [0.25, 0.3) is 0 Å². The van der Waals surface area contributed by atoms with Gasteiger partial charge < -0.3 is 15.5 Å². The molecule has 0 saturated carbocycles. The van der Waals surface area contributed by atoms with Crippen molar-refractivity contribution in [3.8, 4) is 0 Å². The number of carbonyl (C=O) groups excluding carboxylic acids is 2. The van der Waals surface area contributed by atoms with E-state index in [-0.39, 0.29) is 18.0 Å². The minimum atomic E-state index is -0.446. The molecule has 1 atom stereocenters. The van der Waals surface area contributed by atoms with E-state index in [4.69, 9.17) is 0 Å². The summed E-state index contributed by atoms with van der Waals surface area (Å²) in [5.41, 5.74) is 2.05. The third-order valence-electron chi connectivity index (χ3n) is 3.51. The molecular formula is C16H23N3O2. The standard InChI is InChI=1S/C16H23N3O2/c1-11(2)17-16(21)18-14-5-4-10-19(15(14)20)13-8-6-12(3)7-9-13/h6-9,11,14H,4-5,10H2,1-3H3,(H2,17,18,21). The first-order chi connectivity index (χ1) is 9.97. The van der Waals surface area contributed by atoms with Crippen molar-refractivity contribution in [2.24, 2.45) is 0 Å². The molecule has 21 heavy (non-hydrogen) atoms. The summed E-state index contributed by atoms with van der Waals surface area (Å²) < 4.78 is 0. The Kier molecular flexibility index (Phi) is 4.83. The summed E-state index contributed by atoms with van der Waals surface area (Å²) in [4.78, 5) is 26.0. The molecule has 1 unspecified atom stereocenters. The van der Waals surface area contributed by atoms with Gasteiger partial charge in [-0.2, -0.15) is 0 Å². The van der Waals surface area contributed by atoms with Crippen LogP contribution in [0.4, 0.5) is 10.5 Å². The van der Waals surface area contributed by atoms with Crippen molar-refractivity contribution in [2.75, 3.05) is 11.4 Å². The summed E-state index contributed by atoms with van der Waals surface area (Å²) >= 11 is 0. The van der Waals surface area contributed by atoms with Crippen LogP contribution in [-0.2, 0) is 4.79 Å². The van der Waals surface area contributed by atoms with Crippen LogP contribution in [-0.4, -0.2) is 30.6 Å². The maximum atomic E-state index is 12.5. The fraction of sp³-hybridized carbons (Fsp3) is 0.500. The highest BCUT2D eigenvalue weighted by Crippen LogP contribution is 2.21. The van der Waals surface area contributed by atoms with Crippen LogP contribution in [0, 0.1) is 6.92 Å². The molecule has 1 aromatic carbocycles. The van der Waals surface area contributed by atoms with Crippen LogP contribution in [0.1, 0.15) is 32.3 Å². The van der Waals surface area contributed by atoms with Gasteiger partial charge in [0.1, 0.15) is 6.04 Å². The zero-order chi connectivity index (χ0) is 15.4. The van der Waals surface area contributed by atoms with Gasteiger partial charge in [-0.25, -0.2) is 4.79 Å². The number of piperidine rings is 1. The summed E-state index contributed by atoms with van der Waals surface area (Å²) in [6.45, 7) is 6.50.